The zero-order valence-electron chi connectivity index (χ0n) is 14.5. The predicted molar refractivity (Wildman–Crippen MR) is 95.9 cm³/mol. The lowest BCUT2D eigenvalue weighted by molar-refractivity contribution is -0.756. The van der Waals surface area contributed by atoms with Gasteiger partial charge < -0.3 is 14.3 Å². The number of ether oxygens (including phenoxy) is 2. The van der Waals surface area contributed by atoms with Crippen LogP contribution >= 0.6 is 23.4 Å². The number of thioether (sulfide) groups is 1. The number of alkyl halides is 3. The summed E-state index contributed by atoms with van der Waals surface area (Å²) < 4.78 is 50.1. The molecule has 28 heavy (non-hydrogen) atoms. The van der Waals surface area contributed by atoms with Crippen molar-refractivity contribution in [2.45, 2.75) is 19.2 Å². The van der Waals surface area contributed by atoms with E-state index in [-0.39, 0.29) is 36.0 Å². The van der Waals surface area contributed by atoms with E-state index in [4.69, 9.17) is 21.1 Å². The summed E-state index contributed by atoms with van der Waals surface area (Å²) in [6, 6.07) is 2.86. The van der Waals surface area contributed by atoms with E-state index < -0.39 is 28.9 Å². The topological polar surface area (TPSA) is 87.9 Å². The van der Waals surface area contributed by atoms with Gasteiger partial charge >= 0.3 is 12.1 Å². The van der Waals surface area contributed by atoms with Crippen molar-refractivity contribution < 1.29 is 37.4 Å². The number of carbonyl (C=O) groups is 1. The quantitative estimate of drug-likeness (QED) is 0.262. The summed E-state index contributed by atoms with van der Waals surface area (Å²) in [6.45, 7) is 1.23. The van der Waals surface area contributed by atoms with Gasteiger partial charge in [-0.3, -0.25) is 0 Å². The number of nitrogens with zero attached hydrogens (tertiary/aromatic N) is 1. The molecule has 0 aromatic heterocycles. The number of esters is 1. The monoisotopic (exact) mass is 441 g/mol. The van der Waals surface area contributed by atoms with Gasteiger partial charge in [0.1, 0.15) is 19.0 Å². The molecule has 0 N–H and O–H groups in total. The van der Waals surface area contributed by atoms with Gasteiger partial charge in [-0.25, -0.2) is 4.79 Å². The largest absolute Gasteiger partial charge is 0.475 e. The van der Waals surface area contributed by atoms with Gasteiger partial charge in [-0.15, -0.1) is 10.1 Å². The number of hydrogen-bond donors (Lipinski definition) is 0. The molecule has 7 nitrogen and oxygen atoms in total. The van der Waals surface area contributed by atoms with Gasteiger partial charge in [0.05, 0.1) is 5.57 Å². The van der Waals surface area contributed by atoms with Crippen LogP contribution in [0.5, 0.6) is 5.75 Å². The molecule has 1 aromatic rings. The van der Waals surface area contributed by atoms with Gasteiger partial charge in [-0.2, -0.15) is 24.9 Å². The molecule has 0 amide bonds. The number of rotatable bonds is 8. The van der Waals surface area contributed by atoms with E-state index in [2.05, 4.69) is 4.84 Å². The molecule has 0 radical (unpaired) electrons. The minimum Gasteiger partial charge on any atom is -0.475 e. The normalized spacial score (nSPS) is 15.9. The molecule has 0 fully saturated rings. The number of aryl methyl sites for hydroxylation is 1. The van der Waals surface area contributed by atoms with Gasteiger partial charge in [0, 0.05) is 22.1 Å². The van der Waals surface area contributed by atoms with Crippen molar-refractivity contribution in [2.75, 3.05) is 24.7 Å². The Morgan fingerprint density at radius 3 is 2.68 bits per heavy atom. The Morgan fingerprint density at radius 2 is 2.04 bits per heavy atom. The molecule has 1 aromatic carbocycles. The number of hydrogen-bond acceptors (Lipinski definition) is 7. The van der Waals surface area contributed by atoms with Gasteiger partial charge in [-0.1, -0.05) is 11.6 Å². The Balaban J connectivity index is 2.04. The standard InChI is InChI=1S/C16H15ClF3NO6S/c1-9-6-11(17)7-10-8-12(14(16(18,19)20)27-13(9)10)15(22)25-2-4-28-5-3-26-21(23)24/h6-8,14H,2-5H2,1H3/t14-/m0/s1. The van der Waals surface area contributed by atoms with Crippen LogP contribution in [0.2, 0.25) is 5.02 Å². The molecule has 0 bridgehead atoms. The van der Waals surface area contributed by atoms with Crippen LogP contribution in [-0.4, -0.2) is 48.1 Å². The molecule has 154 valence electrons. The molecule has 1 aliphatic heterocycles. The van der Waals surface area contributed by atoms with Crippen molar-refractivity contribution in [1.29, 1.82) is 0 Å². The van der Waals surface area contributed by atoms with Crippen molar-refractivity contribution in [3.05, 3.63) is 44.0 Å². The van der Waals surface area contributed by atoms with Crippen LogP contribution in [0, 0.1) is 17.0 Å². The van der Waals surface area contributed by atoms with E-state index >= 15 is 0 Å². The highest BCUT2D eigenvalue weighted by molar-refractivity contribution is 7.99. The molecule has 12 heteroatoms. The Morgan fingerprint density at radius 1 is 1.36 bits per heavy atom. The molecular weight excluding hydrogens is 427 g/mol. The summed E-state index contributed by atoms with van der Waals surface area (Å²) in [5.41, 5.74) is -0.0131. The molecule has 1 aliphatic rings. The summed E-state index contributed by atoms with van der Waals surface area (Å²) in [5.74, 6) is -0.655. The number of halogens is 4. The fourth-order valence-electron chi connectivity index (χ4n) is 2.41. The molecular formula is C16H15ClF3NO6S. The van der Waals surface area contributed by atoms with E-state index in [1.165, 1.54) is 23.9 Å². The first-order chi connectivity index (χ1) is 13.1. The summed E-state index contributed by atoms with van der Waals surface area (Å²) in [7, 11) is 0. The van der Waals surface area contributed by atoms with Crippen LogP contribution in [0.15, 0.2) is 17.7 Å². The zero-order valence-corrected chi connectivity index (χ0v) is 16.0. The second-order valence-electron chi connectivity index (χ2n) is 5.59. The van der Waals surface area contributed by atoms with Gasteiger partial charge in [0.25, 0.3) is 5.09 Å². The van der Waals surface area contributed by atoms with E-state index in [0.717, 1.165) is 6.08 Å². The van der Waals surface area contributed by atoms with Crippen LogP contribution in [-0.2, 0) is 14.4 Å². The summed E-state index contributed by atoms with van der Waals surface area (Å²) in [6.07, 6.45) is -6.20. The number of fused-ring (bicyclic) bond motifs is 1. The number of benzene rings is 1. The lowest BCUT2D eigenvalue weighted by atomic mass is 9.99. The second-order valence-corrected chi connectivity index (χ2v) is 7.25. The lowest BCUT2D eigenvalue weighted by Gasteiger charge is -2.29. The molecule has 0 spiro atoms. The van der Waals surface area contributed by atoms with Crippen molar-refractivity contribution in [3.63, 3.8) is 0 Å². The van der Waals surface area contributed by atoms with Gasteiger partial charge in [-0.05, 0) is 30.7 Å². The fourth-order valence-corrected chi connectivity index (χ4v) is 3.29. The Bertz CT molecular complexity index is 786. The predicted octanol–water partition coefficient (Wildman–Crippen LogP) is 3.84. The Kier molecular flexibility index (Phi) is 7.41. The lowest BCUT2D eigenvalue weighted by Crippen LogP contribution is -2.41. The van der Waals surface area contributed by atoms with E-state index in [1.54, 1.807) is 6.92 Å². The minimum atomic E-state index is -4.82. The van der Waals surface area contributed by atoms with Crippen LogP contribution in [0.25, 0.3) is 6.08 Å². The molecule has 0 saturated heterocycles. The Hall–Kier alpha value is -2.14. The maximum absolute atomic E-state index is 13.4. The van der Waals surface area contributed by atoms with Crippen molar-refractivity contribution >= 4 is 35.4 Å². The average Bonchev–Trinajstić information content (AvgIpc) is 2.58. The van der Waals surface area contributed by atoms with Gasteiger partial charge in [0.15, 0.2) is 0 Å². The fraction of sp³-hybridized carbons (Fsp3) is 0.438. The third kappa shape index (κ3) is 5.93. The molecule has 2 rings (SSSR count). The zero-order chi connectivity index (χ0) is 20.9. The first-order valence-electron chi connectivity index (χ1n) is 7.87. The van der Waals surface area contributed by atoms with Crippen molar-refractivity contribution in [1.82, 2.24) is 0 Å². The summed E-state index contributed by atoms with van der Waals surface area (Å²) in [5, 5.41) is 9.34. The minimum absolute atomic E-state index is 0.00428. The maximum Gasteiger partial charge on any atom is 0.430 e. The molecule has 0 saturated carbocycles. The van der Waals surface area contributed by atoms with Crippen LogP contribution in [0.3, 0.4) is 0 Å². The first-order valence-corrected chi connectivity index (χ1v) is 9.40. The third-order valence-corrected chi connectivity index (χ3v) is 4.64. The van der Waals surface area contributed by atoms with Crippen molar-refractivity contribution in [3.8, 4) is 5.75 Å². The highest BCUT2D eigenvalue weighted by Crippen LogP contribution is 2.40. The molecule has 1 atom stereocenters. The average molecular weight is 442 g/mol. The Labute approximate surface area is 166 Å². The molecule has 0 unspecified atom stereocenters. The maximum atomic E-state index is 13.4. The second kappa shape index (κ2) is 9.37. The molecule has 1 heterocycles. The molecule has 0 aliphatic carbocycles. The highest BCUT2D eigenvalue weighted by atomic mass is 35.5. The van der Waals surface area contributed by atoms with Crippen LogP contribution < -0.4 is 4.74 Å². The van der Waals surface area contributed by atoms with E-state index in [1.807, 2.05) is 0 Å². The van der Waals surface area contributed by atoms with Crippen molar-refractivity contribution in [2.24, 2.45) is 0 Å². The smallest absolute Gasteiger partial charge is 0.430 e. The number of carbonyl (C=O) groups excluding carboxylic acids is 1. The highest BCUT2D eigenvalue weighted by Gasteiger charge is 2.49. The van der Waals surface area contributed by atoms with Crippen LogP contribution in [0.4, 0.5) is 13.2 Å². The van der Waals surface area contributed by atoms with E-state index in [9.17, 15) is 28.1 Å². The van der Waals surface area contributed by atoms with E-state index in [0.29, 0.717) is 10.6 Å². The summed E-state index contributed by atoms with van der Waals surface area (Å²) >= 11 is 7.11. The first kappa shape index (κ1) is 22.2. The van der Waals surface area contributed by atoms with Crippen LogP contribution in [0.1, 0.15) is 11.1 Å². The third-order valence-electron chi connectivity index (χ3n) is 3.52. The summed E-state index contributed by atoms with van der Waals surface area (Å²) in [4.78, 5) is 26.3. The van der Waals surface area contributed by atoms with Gasteiger partial charge in [0.2, 0.25) is 6.10 Å². The SMILES string of the molecule is Cc1cc(Cl)cc2c1O[C@H](C(F)(F)F)C(C(=O)OCCSCCO[N+](=O)[O-])=C2.